The molecule has 7 heteroatoms. The molecular weight excluding hydrogens is 316 g/mol. The van der Waals surface area contributed by atoms with Crippen LogP contribution in [0.3, 0.4) is 0 Å². The van der Waals surface area contributed by atoms with Gasteiger partial charge in [-0.1, -0.05) is 17.7 Å². The molecule has 23 heavy (non-hydrogen) atoms. The van der Waals surface area contributed by atoms with Crippen molar-refractivity contribution >= 4 is 16.0 Å². The van der Waals surface area contributed by atoms with Gasteiger partial charge < -0.3 is 10.1 Å². The van der Waals surface area contributed by atoms with Crippen LogP contribution >= 0.6 is 0 Å². The summed E-state index contributed by atoms with van der Waals surface area (Å²) < 4.78 is 31.4. The maximum Gasteiger partial charge on any atom is 0.322 e. The summed E-state index contributed by atoms with van der Waals surface area (Å²) in [5, 5.41) is 3.19. The molecule has 0 saturated carbocycles. The molecule has 1 aromatic rings. The zero-order chi connectivity index (χ0) is 17.0. The monoisotopic (exact) mass is 340 g/mol. The van der Waals surface area contributed by atoms with E-state index >= 15 is 0 Å². The maximum atomic E-state index is 12.6. The summed E-state index contributed by atoms with van der Waals surface area (Å²) in [7, 11) is -2.08. The number of methoxy groups -OCH3 is 1. The lowest BCUT2D eigenvalue weighted by Crippen LogP contribution is -2.49. The van der Waals surface area contributed by atoms with Crippen molar-refractivity contribution in [3.05, 3.63) is 29.8 Å². The number of piperidine rings is 1. The van der Waals surface area contributed by atoms with Crippen LogP contribution in [-0.4, -0.2) is 51.0 Å². The van der Waals surface area contributed by atoms with Gasteiger partial charge in [-0.15, -0.1) is 0 Å². The zero-order valence-electron chi connectivity index (χ0n) is 13.8. The van der Waals surface area contributed by atoms with E-state index in [9.17, 15) is 13.2 Å². The number of carbonyl (C=O) groups excluding carboxylic acids is 1. The van der Waals surface area contributed by atoms with Gasteiger partial charge in [0.25, 0.3) is 0 Å². The van der Waals surface area contributed by atoms with Crippen LogP contribution in [0.25, 0.3) is 0 Å². The zero-order valence-corrected chi connectivity index (χ0v) is 14.6. The lowest BCUT2D eigenvalue weighted by molar-refractivity contribution is -0.142. The van der Waals surface area contributed by atoms with Crippen LogP contribution in [0.5, 0.6) is 0 Å². The summed E-state index contributed by atoms with van der Waals surface area (Å²) in [6, 6.07) is 6.64. The molecule has 1 N–H and O–H groups in total. The van der Waals surface area contributed by atoms with Crippen LogP contribution in [0.1, 0.15) is 25.3 Å². The van der Waals surface area contributed by atoms with E-state index in [4.69, 9.17) is 0 Å². The third-order valence-corrected chi connectivity index (χ3v) is 6.07. The summed E-state index contributed by atoms with van der Waals surface area (Å²) in [5.41, 5.74) is 1.03. The Hall–Kier alpha value is -1.44. The Balaban J connectivity index is 1.96. The van der Waals surface area contributed by atoms with Gasteiger partial charge >= 0.3 is 5.97 Å². The number of aryl methyl sites for hydroxylation is 1. The third-order valence-electron chi connectivity index (χ3n) is 4.15. The number of rotatable bonds is 5. The molecule has 128 valence electrons. The number of nitrogens with zero attached hydrogens (tertiary/aromatic N) is 1. The summed E-state index contributed by atoms with van der Waals surface area (Å²) >= 11 is 0. The first-order chi connectivity index (χ1) is 10.8. The summed E-state index contributed by atoms with van der Waals surface area (Å²) in [4.78, 5) is 11.8. The van der Waals surface area contributed by atoms with E-state index in [1.165, 1.54) is 11.4 Å². The average Bonchev–Trinajstić information content (AvgIpc) is 2.55. The van der Waals surface area contributed by atoms with Crippen molar-refractivity contribution in [2.75, 3.05) is 20.2 Å². The molecule has 1 aliphatic heterocycles. The minimum atomic E-state index is -3.44. The Morgan fingerprint density at radius 3 is 2.35 bits per heavy atom. The van der Waals surface area contributed by atoms with Gasteiger partial charge in [-0.2, -0.15) is 4.31 Å². The molecule has 2 rings (SSSR count). The molecule has 6 nitrogen and oxygen atoms in total. The molecule has 0 unspecified atom stereocenters. The van der Waals surface area contributed by atoms with Gasteiger partial charge in [0.15, 0.2) is 0 Å². The van der Waals surface area contributed by atoms with E-state index in [-0.39, 0.29) is 18.1 Å². The summed E-state index contributed by atoms with van der Waals surface area (Å²) in [5.74, 6) is -0.306. The molecular formula is C16H24N2O4S. The van der Waals surface area contributed by atoms with Crippen molar-refractivity contribution in [2.45, 2.75) is 43.7 Å². The molecule has 1 aliphatic rings. The van der Waals surface area contributed by atoms with E-state index in [0.29, 0.717) is 30.8 Å². The molecule has 0 amide bonds. The van der Waals surface area contributed by atoms with Gasteiger partial charge in [0.1, 0.15) is 6.04 Å². The van der Waals surface area contributed by atoms with E-state index in [1.807, 2.05) is 6.92 Å². The second-order valence-corrected chi connectivity index (χ2v) is 7.84. The minimum absolute atomic E-state index is 0.119. The van der Waals surface area contributed by atoms with E-state index in [1.54, 1.807) is 31.2 Å². The Bertz CT molecular complexity index is 635. The molecule has 0 radical (unpaired) electrons. The highest BCUT2D eigenvalue weighted by Crippen LogP contribution is 2.21. The van der Waals surface area contributed by atoms with Crippen molar-refractivity contribution < 1.29 is 17.9 Å². The fraction of sp³-hybridized carbons (Fsp3) is 0.562. The fourth-order valence-corrected chi connectivity index (χ4v) is 4.19. The number of esters is 1. The van der Waals surface area contributed by atoms with Crippen LogP contribution in [0, 0.1) is 6.92 Å². The minimum Gasteiger partial charge on any atom is -0.468 e. The number of nitrogens with one attached hydrogen (secondary N) is 1. The third kappa shape index (κ3) is 4.31. The van der Waals surface area contributed by atoms with Crippen molar-refractivity contribution in [3.8, 4) is 0 Å². The second-order valence-electron chi connectivity index (χ2n) is 5.90. The number of carbonyl (C=O) groups is 1. The molecule has 1 heterocycles. The maximum absolute atomic E-state index is 12.6. The van der Waals surface area contributed by atoms with E-state index < -0.39 is 10.0 Å². The molecule has 0 bridgehead atoms. The lowest BCUT2D eigenvalue weighted by Gasteiger charge is -2.32. The highest BCUT2D eigenvalue weighted by Gasteiger charge is 2.30. The number of sulfonamides is 1. The Labute approximate surface area is 137 Å². The molecule has 1 aromatic carbocycles. The number of hydrogen-bond donors (Lipinski definition) is 1. The first-order valence-corrected chi connectivity index (χ1v) is 9.19. The van der Waals surface area contributed by atoms with E-state index in [0.717, 1.165) is 5.56 Å². The Kier molecular flexibility index (Phi) is 5.78. The standard InChI is InChI=1S/C16H24N2O4S/c1-12-4-6-15(7-5-12)23(20,21)18-10-8-14(9-11-18)17-13(2)16(19)22-3/h4-7,13-14,17H,8-11H2,1-3H3/t13-/m0/s1. The average molecular weight is 340 g/mol. The van der Waals surface area contributed by atoms with Crippen LogP contribution in [-0.2, 0) is 19.6 Å². The van der Waals surface area contributed by atoms with Crippen LogP contribution in [0.15, 0.2) is 29.2 Å². The number of hydrogen-bond acceptors (Lipinski definition) is 5. The largest absolute Gasteiger partial charge is 0.468 e. The molecule has 1 atom stereocenters. The second kappa shape index (κ2) is 7.42. The summed E-state index contributed by atoms with van der Waals surface area (Å²) in [6.07, 6.45) is 1.35. The quantitative estimate of drug-likeness (QED) is 0.818. The molecule has 0 spiro atoms. The predicted octanol–water partition coefficient (Wildman–Crippen LogP) is 1.30. The van der Waals surface area contributed by atoms with Gasteiger partial charge in [0.2, 0.25) is 10.0 Å². The lowest BCUT2D eigenvalue weighted by atomic mass is 10.1. The normalized spacial score (nSPS) is 18.6. The van der Waals surface area contributed by atoms with Crippen molar-refractivity contribution in [3.63, 3.8) is 0 Å². The topological polar surface area (TPSA) is 75.7 Å². The van der Waals surface area contributed by atoms with Gasteiger partial charge in [-0.3, -0.25) is 4.79 Å². The van der Waals surface area contributed by atoms with Crippen molar-refractivity contribution in [1.82, 2.24) is 9.62 Å². The van der Waals surface area contributed by atoms with Crippen LogP contribution < -0.4 is 5.32 Å². The molecule has 1 fully saturated rings. The Morgan fingerprint density at radius 2 is 1.83 bits per heavy atom. The summed E-state index contributed by atoms with van der Waals surface area (Å²) in [6.45, 7) is 4.57. The first-order valence-electron chi connectivity index (χ1n) is 7.75. The first kappa shape index (κ1) is 17.9. The smallest absolute Gasteiger partial charge is 0.322 e. The van der Waals surface area contributed by atoms with Gasteiger partial charge in [0.05, 0.1) is 12.0 Å². The Morgan fingerprint density at radius 1 is 1.26 bits per heavy atom. The van der Waals surface area contributed by atoms with Crippen molar-refractivity contribution in [2.24, 2.45) is 0 Å². The fourth-order valence-electron chi connectivity index (χ4n) is 2.72. The van der Waals surface area contributed by atoms with Crippen LogP contribution in [0.2, 0.25) is 0 Å². The van der Waals surface area contributed by atoms with Crippen molar-refractivity contribution in [1.29, 1.82) is 0 Å². The van der Waals surface area contributed by atoms with E-state index in [2.05, 4.69) is 10.1 Å². The van der Waals surface area contributed by atoms with Gasteiger partial charge in [-0.25, -0.2) is 8.42 Å². The molecule has 0 aliphatic carbocycles. The van der Waals surface area contributed by atoms with Crippen LogP contribution in [0.4, 0.5) is 0 Å². The molecule has 1 saturated heterocycles. The molecule has 0 aromatic heterocycles. The highest BCUT2D eigenvalue weighted by atomic mass is 32.2. The number of ether oxygens (including phenoxy) is 1. The predicted molar refractivity (Wildman–Crippen MR) is 87.6 cm³/mol. The number of benzene rings is 1. The highest BCUT2D eigenvalue weighted by molar-refractivity contribution is 7.89. The van der Waals surface area contributed by atoms with Gasteiger partial charge in [0, 0.05) is 19.1 Å². The SMILES string of the molecule is COC(=O)[C@H](C)NC1CCN(S(=O)(=O)c2ccc(C)cc2)CC1. The van der Waals surface area contributed by atoms with Gasteiger partial charge in [-0.05, 0) is 38.8 Å².